The van der Waals surface area contributed by atoms with Crippen LogP contribution in [0.5, 0.6) is 0 Å². The van der Waals surface area contributed by atoms with Gasteiger partial charge in [-0.05, 0) is 70.1 Å². The van der Waals surface area contributed by atoms with E-state index < -0.39 is 5.82 Å². The van der Waals surface area contributed by atoms with Crippen molar-refractivity contribution in [2.75, 3.05) is 38.5 Å². The Balaban J connectivity index is 0.00000264. The fourth-order valence-electron chi connectivity index (χ4n) is 2.77. The van der Waals surface area contributed by atoms with Crippen LogP contribution in [0, 0.1) is 11.7 Å². The molecule has 1 aromatic rings. The van der Waals surface area contributed by atoms with Gasteiger partial charge in [0.25, 0.3) is 0 Å². The number of likely N-dealkylation sites (tertiary alicyclic amines) is 1. The van der Waals surface area contributed by atoms with Gasteiger partial charge in [0.1, 0.15) is 5.82 Å². The molecule has 0 aliphatic carbocycles. The lowest BCUT2D eigenvalue weighted by Crippen LogP contribution is -2.39. The van der Waals surface area contributed by atoms with Crippen LogP contribution in [0.4, 0.5) is 10.1 Å². The number of piperidine rings is 1. The number of hydrogen-bond acceptors (Lipinski definition) is 3. The second-order valence-electron chi connectivity index (χ2n) is 5.78. The van der Waals surface area contributed by atoms with Crippen LogP contribution in [0.25, 0.3) is 0 Å². The van der Waals surface area contributed by atoms with Gasteiger partial charge in [0.05, 0.1) is 17.3 Å². The van der Waals surface area contributed by atoms with E-state index in [2.05, 4.69) is 15.5 Å². The Morgan fingerprint density at radius 2 is 2.09 bits per heavy atom. The number of rotatable bonds is 6. The maximum atomic E-state index is 13.0. The molecule has 130 valence electrons. The maximum Gasteiger partial charge on any atom is 0.238 e. The predicted molar refractivity (Wildman–Crippen MR) is 95.0 cm³/mol. The van der Waals surface area contributed by atoms with Crippen molar-refractivity contribution in [2.24, 2.45) is 5.92 Å². The third-order valence-electron chi connectivity index (χ3n) is 4.08. The Morgan fingerprint density at radius 3 is 2.70 bits per heavy atom. The highest BCUT2D eigenvalue weighted by Gasteiger charge is 2.20. The van der Waals surface area contributed by atoms with Crippen LogP contribution >= 0.6 is 24.0 Å². The van der Waals surface area contributed by atoms with E-state index in [4.69, 9.17) is 11.6 Å². The lowest BCUT2D eigenvalue weighted by Gasteiger charge is -2.31. The van der Waals surface area contributed by atoms with E-state index in [1.54, 1.807) is 0 Å². The molecular formula is C16H24Cl2FN3O. The fraction of sp³-hybridized carbons (Fsp3) is 0.562. The van der Waals surface area contributed by atoms with Crippen LogP contribution < -0.4 is 10.6 Å². The molecule has 1 aromatic carbocycles. The van der Waals surface area contributed by atoms with Gasteiger partial charge in [-0.2, -0.15) is 0 Å². The van der Waals surface area contributed by atoms with E-state index in [-0.39, 0.29) is 23.3 Å². The summed E-state index contributed by atoms with van der Waals surface area (Å²) in [5.74, 6) is 0.229. The summed E-state index contributed by atoms with van der Waals surface area (Å²) < 4.78 is 13.0. The highest BCUT2D eigenvalue weighted by molar-refractivity contribution is 6.33. The fourth-order valence-corrected chi connectivity index (χ4v) is 2.98. The van der Waals surface area contributed by atoms with Crippen molar-refractivity contribution in [1.29, 1.82) is 0 Å². The average Bonchev–Trinajstić information content (AvgIpc) is 2.49. The van der Waals surface area contributed by atoms with Gasteiger partial charge in [-0.15, -0.1) is 12.4 Å². The largest absolute Gasteiger partial charge is 0.324 e. The van der Waals surface area contributed by atoms with Crippen LogP contribution in [0.1, 0.15) is 19.3 Å². The molecule has 7 heteroatoms. The molecule has 0 saturated carbocycles. The quantitative estimate of drug-likeness (QED) is 0.815. The zero-order chi connectivity index (χ0) is 15.9. The van der Waals surface area contributed by atoms with E-state index in [1.165, 1.54) is 24.6 Å². The van der Waals surface area contributed by atoms with E-state index in [9.17, 15) is 9.18 Å². The second-order valence-corrected chi connectivity index (χ2v) is 6.19. The predicted octanol–water partition coefficient (Wildman–Crippen LogP) is 3.16. The Bertz CT molecular complexity index is 508. The number of anilines is 1. The van der Waals surface area contributed by atoms with Gasteiger partial charge in [0.2, 0.25) is 5.91 Å². The van der Waals surface area contributed by atoms with Crippen LogP contribution in [-0.2, 0) is 4.79 Å². The molecule has 2 rings (SSSR count). The van der Waals surface area contributed by atoms with Gasteiger partial charge < -0.3 is 10.6 Å². The normalized spacial score (nSPS) is 16.0. The topological polar surface area (TPSA) is 44.4 Å². The molecule has 0 atom stereocenters. The van der Waals surface area contributed by atoms with E-state index in [0.717, 1.165) is 38.4 Å². The first-order valence-corrected chi connectivity index (χ1v) is 8.08. The number of nitrogens with one attached hydrogen (secondary N) is 2. The molecule has 4 nitrogen and oxygen atoms in total. The van der Waals surface area contributed by atoms with E-state index in [0.29, 0.717) is 12.2 Å². The summed E-state index contributed by atoms with van der Waals surface area (Å²) >= 11 is 5.91. The third kappa shape index (κ3) is 6.63. The molecule has 0 unspecified atom stereocenters. The average molecular weight is 364 g/mol. The number of benzene rings is 1. The monoisotopic (exact) mass is 363 g/mol. The first kappa shape index (κ1) is 20.2. The Hall–Kier alpha value is -0.880. The molecule has 0 aromatic heterocycles. The summed E-state index contributed by atoms with van der Waals surface area (Å²) in [4.78, 5) is 14.2. The van der Waals surface area contributed by atoms with Crippen molar-refractivity contribution in [3.63, 3.8) is 0 Å². The van der Waals surface area contributed by atoms with Crippen LogP contribution in [0.3, 0.4) is 0 Å². The summed E-state index contributed by atoms with van der Waals surface area (Å²) in [5.41, 5.74) is 0.456. The number of hydrogen-bond donors (Lipinski definition) is 2. The first-order valence-electron chi connectivity index (χ1n) is 7.70. The van der Waals surface area contributed by atoms with Crippen molar-refractivity contribution in [3.8, 4) is 0 Å². The first-order chi connectivity index (χ1) is 10.6. The maximum absolute atomic E-state index is 13.0. The molecule has 2 N–H and O–H groups in total. The van der Waals surface area contributed by atoms with E-state index in [1.807, 2.05) is 7.05 Å². The molecule has 1 fully saturated rings. The minimum Gasteiger partial charge on any atom is -0.324 e. The van der Waals surface area contributed by atoms with E-state index >= 15 is 0 Å². The molecule has 1 aliphatic rings. The number of amides is 1. The van der Waals surface area contributed by atoms with Gasteiger partial charge in [-0.1, -0.05) is 11.6 Å². The zero-order valence-corrected chi connectivity index (χ0v) is 14.9. The van der Waals surface area contributed by atoms with Gasteiger partial charge in [0.15, 0.2) is 0 Å². The van der Waals surface area contributed by atoms with Crippen molar-refractivity contribution >= 4 is 35.6 Å². The molecule has 1 aliphatic heterocycles. The number of halogens is 3. The smallest absolute Gasteiger partial charge is 0.238 e. The van der Waals surface area contributed by atoms with Gasteiger partial charge in [-0.25, -0.2) is 4.39 Å². The van der Waals surface area contributed by atoms with Gasteiger partial charge in [0, 0.05) is 0 Å². The van der Waals surface area contributed by atoms with Crippen LogP contribution in [0.15, 0.2) is 18.2 Å². The lowest BCUT2D eigenvalue weighted by molar-refractivity contribution is -0.117. The minimum atomic E-state index is -0.411. The Kier molecular flexibility index (Phi) is 8.84. The molecule has 0 radical (unpaired) electrons. The van der Waals surface area contributed by atoms with Gasteiger partial charge in [-0.3, -0.25) is 9.69 Å². The summed E-state index contributed by atoms with van der Waals surface area (Å²) in [6.07, 6.45) is 3.46. The van der Waals surface area contributed by atoms with Crippen molar-refractivity contribution in [2.45, 2.75) is 19.3 Å². The summed E-state index contributed by atoms with van der Waals surface area (Å²) in [6, 6.07) is 3.97. The molecule has 0 spiro atoms. The zero-order valence-electron chi connectivity index (χ0n) is 13.3. The molecule has 1 amide bonds. The molecule has 23 heavy (non-hydrogen) atoms. The third-order valence-corrected chi connectivity index (χ3v) is 4.39. The molecular weight excluding hydrogens is 340 g/mol. The molecule has 0 bridgehead atoms. The summed E-state index contributed by atoms with van der Waals surface area (Å²) in [6.45, 7) is 3.29. The van der Waals surface area contributed by atoms with Crippen molar-refractivity contribution in [3.05, 3.63) is 29.0 Å². The minimum absolute atomic E-state index is 0. The van der Waals surface area contributed by atoms with Crippen molar-refractivity contribution < 1.29 is 9.18 Å². The van der Waals surface area contributed by atoms with Gasteiger partial charge >= 0.3 is 0 Å². The Labute approximate surface area is 148 Å². The SMILES string of the molecule is CNCCC1CCN(CC(=O)Nc2ccc(F)cc2Cl)CC1.Cl. The molecule has 1 saturated heterocycles. The highest BCUT2D eigenvalue weighted by Crippen LogP contribution is 2.23. The second kappa shape index (κ2) is 10.1. The highest BCUT2D eigenvalue weighted by atomic mass is 35.5. The standard InChI is InChI=1S/C16H23ClFN3O.ClH/c1-19-7-4-12-5-8-21(9-6-12)11-16(22)20-15-3-2-13(18)10-14(15)17;/h2-3,10,12,19H,4-9,11H2,1H3,(H,20,22);1H. The lowest BCUT2D eigenvalue weighted by atomic mass is 9.93. The van der Waals surface area contributed by atoms with Crippen LogP contribution in [-0.4, -0.2) is 44.0 Å². The number of nitrogens with zero attached hydrogens (tertiary/aromatic N) is 1. The number of carbonyl (C=O) groups excluding carboxylic acids is 1. The summed E-state index contributed by atoms with van der Waals surface area (Å²) in [7, 11) is 1.97. The Morgan fingerprint density at radius 1 is 1.39 bits per heavy atom. The molecule has 1 heterocycles. The van der Waals surface area contributed by atoms with Crippen molar-refractivity contribution in [1.82, 2.24) is 10.2 Å². The van der Waals surface area contributed by atoms with Crippen LogP contribution in [0.2, 0.25) is 5.02 Å². The number of carbonyl (C=O) groups is 1. The summed E-state index contributed by atoms with van der Waals surface area (Å²) in [5, 5.41) is 6.14.